The van der Waals surface area contributed by atoms with Crippen LogP contribution in [0, 0.1) is 11.8 Å². The van der Waals surface area contributed by atoms with Crippen LogP contribution < -0.4 is 9.47 Å². The second kappa shape index (κ2) is 7.61. The zero-order valence-electron chi connectivity index (χ0n) is 12.6. The molecular formula is C18H13BrO4. The van der Waals surface area contributed by atoms with Crippen molar-refractivity contribution in [3.05, 3.63) is 58.1 Å². The van der Waals surface area contributed by atoms with Crippen LogP contribution in [-0.2, 0) is 9.59 Å². The van der Waals surface area contributed by atoms with Gasteiger partial charge in [0.1, 0.15) is 11.5 Å². The van der Waals surface area contributed by atoms with Crippen LogP contribution in [0.25, 0.3) is 0 Å². The van der Waals surface area contributed by atoms with Crippen LogP contribution in [0.1, 0.15) is 25.0 Å². The average molecular weight is 373 g/mol. The highest BCUT2D eigenvalue weighted by Crippen LogP contribution is 2.24. The van der Waals surface area contributed by atoms with Crippen LogP contribution in [0.5, 0.6) is 11.5 Å². The van der Waals surface area contributed by atoms with E-state index in [0.29, 0.717) is 17.1 Å². The van der Waals surface area contributed by atoms with Crippen molar-refractivity contribution in [1.82, 2.24) is 0 Å². The third kappa shape index (κ3) is 5.28. The first-order valence-corrected chi connectivity index (χ1v) is 7.52. The summed E-state index contributed by atoms with van der Waals surface area (Å²) >= 11 is 3.38. The lowest BCUT2D eigenvalue weighted by Gasteiger charge is -2.07. The van der Waals surface area contributed by atoms with E-state index in [1.807, 2.05) is 24.3 Å². The molecule has 2 aromatic carbocycles. The van der Waals surface area contributed by atoms with Crippen molar-refractivity contribution >= 4 is 27.9 Å². The lowest BCUT2D eigenvalue weighted by molar-refractivity contribution is -0.133. The molecule has 0 fully saturated rings. The molecule has 0 saturated heterocycles. The predicted octanol–water partition coefficient (Wildman–Crippen LogP) is 3.70. The van der Waals surface area contributed by atoms with E-state index in [9.17, 15) is 9.59 Å². The molecule has 0 aliphatic carbocycles. The number of rotatable bonds is 2. The van der Waals surface area contributed by atoms with Crippen molar-refractivity contribution in [2.45, 2.75) is 13.8 Å². The van der Waals surface area contributed by atoms with Crippen LogP contribution in [0.4, 0.5) is 0 Å². The minimum absolute atomic E-state index is 0.316. The highest BCUT2D eigenvalue weighted by atomic mass is 79.9. The van der Waals surface area contributed by atoms with E-state index in [0.717, 1.165) is 10.0 Å². The Bertz CT molecular complexity index is 815. The molecule has 0 atom stereocenters. The van der Waals surface area contributed by atoms with Gasteiger partial charge < -0.3 is 9.47 Å². The second-order valence-corrected chi connectivity index (χ2v) is 5.52. The summed E-state index contributed by atoms with van der Waals surface area (Å²) in [6, 6.07) is 12.2. The van der Waals surface area contributed by atoms with Crippen molar-refractivity contribution in [3.8, 4) is 23.3 Å². The van der Waals surface area contributed by atoms with Crippen LogP contribution in [-0.4, -0.2) is 11.9 Å². The van der Waals surface area contributed by atoms with E-state index in [1.165, 1.54) is 13.8 Å². The zero-order valence-corrected chi connectivity index (χ0v) is 14.1. The standard InChI is InChI=1S/C18H13BrO4/c1-12(20)22-17-8-9-18(23-13(2)21)15(11-17)7-6-14-4-3-5-16(19)10-14/h3-5,8-11H,1-2H3. The number of carbonyl (C=O) groups excluding carboxylic acids is 2. The third-order valence-corrected chi connectivity index (χ3v) is 3.13. The van der Waals surface area contributed by atoms with Gasteiger partial charge in [0.25, 0.3) is 0 Å². The first kappa shape index (κ1) is 16.8. The van der Waals surface area contributed by atoms with Gasteiger partial charge in [0.05, 0.1) is 5.56 Å². The minimum Gasteiger partial charge on any atom is -0.427 e. The number of carbonyl (C=O) groups is 2. The Morgan fingerprint density at radius 3 is 2.35 bits per heavy atom. The Balaban J connectivity index is 2.40. The van der Waals surface area contributed by atoms with Gasteiger partial charge in [0.15, 0.2) is 0 Å². The van der Waals surface area contributed by atoms with Gasteiger partial charge in [-0.3, -0.25) is 9.59 Å². The van der Waals surface area contributed by atoms with Crippen LogP contribution in [0.3, 0.4) is 0 Å². The number of esters is 2. The number of hydrogen-bond acceptors (Lipinski definition) is 4. The molecule has 0 unspecified atom stereocenters. The summed E-state index contributed by atoms with van der Waals surface area (Å²) in [6.45, 7) is 2.62. The van der Waals surface area contributed by atoms with E-state index in [2.05, 4.69) is 27.8 Å². The second-order valence-electron chi connectivity index (χ2n) is 4.61. The normalized spacial score (nSPS) is 9.52. The molecule has 0 heterocycles. The van der Waals surface area contributed by atoms with Crippen LogP contribution >= 0.6 is 15.9 Å². The fourth-order valence-corrected chi connectivity index (χ4v) is 2.19. The SMILES string of the molecule is CC(=O)Oc1ccc(OC(C)=O)c(C#Cc2cccc(Br)c2)c1. The zero-order chi connectivity index (χ0) is 16.8. The molecule has 5 heteroatoms. The summed E-state index contributed by atoms with van der Waals surface area (Å²) in [7, 11) is 0. The Morgan fingerprint density at radius 2 is 1.70 bits per heavy atom. The Morgan fingerprint density at radius 1 is 0.957 bits per heavy atom. The maximum absolute atomic E-state index is 11.2. The van der Waals surface area contributed by atoms with Crippen LogP contribution in [0.15, 0.2) is 46.9 Å². The monoisotopic (exact) mass is 372 g/mol. The molecule has 2 aromatic rings. The molecule has 0 spiro atoms. The van der Waals surface area contributed by atoms with Gasteiger partial charge >= 0.3 is 11.9 Å². The number of benzene rings is 2. The molecule has 0 amide bonds. The Labute approximate surface area is 142 Å². The van der Waals surface area contributed by atoms with Gasteiger partial charge in [-0.2, -0.15) is 0 Å². The summed E-state index contributed by atoms with van der Waals surface area (Å²) in [6.07, 6.45) is 0. The van der Waals surface area contributed by atoms with E-state index in [4.69, 9.17) is 9.47 Å². The number of hydrogen-bond donors (Lipinski definition) is 0. The quantitative estimate of drug-likeness (QED) is 0.458. The fraction of sp³-hybridized carbons (Fsp3) is 0.111. The highest BCUT2D eigenvalue weighted by molar-refractivity contribution is 9.10. The van der Waals surface area contributed by atoms with Crippen molar-refractivity contribution in [2.24, 2.45) is 0 Å². The summed E-state index contributed by atoms with van der Waals surface area (Å²) in [5.41, 5.74) is 1.25. The van der Waals surface area contributed by atoms with Crippen LogP contribution in [0.2, 0.25) is 0 Å². The maximum atomic E-state index is 11.2. The molecular weight excluding hydrogens is 360 g/mol. The summed E-state index contributed by atoms with van der Waals surface area (Å²) < 4.78 is 11.1. The Kier molecular flexibility index (Phi) is 5.56. The van der Waals surface area contributed by atoms with Gasteiger partial charge in [-0.25, -0.2) is 0 Å². The van der Waals surface area contributed by atoms with E-state index in [1.54, 1.807) is 18.2 Å². The molecule has 0 saturated carbocycles. The molecule has 0 bridgehead atoms. The molecule has 116 valence electrons. The van der Waals surface area contributed by atoms with Gasteiger partial charge in [-0.05, 0) is 30.3 Å². The maximum Gasteiger partial charge on any atom is 0.308 e. The molecule has 0 aliphatic rings. The molecule has 2 rings (SSSR count). The lowest BCUT2D eigenvalue weighted by Crippen LogP contribution is -2.05. The van der Waals surface area contributed by atoms with Crippen molar-refractivity contribution < 1.29 is 19.1 Å². The molecule has 0 radical (unpaired) electrons. The van der Waals surface area contributed by atoms with Crippen molar-refractivity contribution in [1.29, 1.82) is 0 Å². The van der Waals surface area contributed by atoms with Gasteiger partial charge in [-0.1, -0.05) is 33.8 Å². The minimum atomic E-state index is -0.448. The predicted molar refractivity (Wildman–Crippen MR) is 89.2 cm³/mol. The van der Waals surface area contributed by atoms with Crippen molar-refractivity contribution in [2.75, 3.05) is 0 Å². The van der Waals surface area contributed by atoms with E-state index >= 15 is 0 Å². The number of ether oxygens (including phenoxy) is 2. The van der Waals surface area contributed by atoms with E-state index < -0.39 is 11.9 Å². The molecule has 0 N–H and O–H groups in total. The Hall–Kier alpha value is -2.58. The first-order valence-electron chi connectivity index (χ1n) is 6.72. The molecule has 4 nitrogen and oxygen atoms in total. The molecule has 23 heavy (non-hydrogen) atoms. The summed E-state index contributed by atoms with van der Waals surface area (Å²) in [4.78, 5) is 22.2. The van der Waals surface area contributed by atoms with Gasteiger partial charge in [0.2, 0.25) is 0 Å². The van der Waals surface area contributed by atoms with Gasteiger partial charge in [0, 0.05) is 30.0 Å². The third-order valence-electron chi connectivity index (χ3n) is 2.63. The van der Waals surface area contributed by atoms with E-state index in [-0.39, 0.29) is 0 Å². The fourth-order valence-electron chi connectivity index (χ4n) is 1.79. The smallest absolute Gasteiger partial charge is 0.308 e. The largest absolute Gasteiger partial charge is 0.427 e. The number of halogens is 1. The highest BCUT2D eigenvalue weighted by Gasteiger charge is 2.08. The topological polar surface area (TPSA) is 52.6 Å². The average Bonchev–Trinajstić information content (AvgIpc) is 2.46. The van der Waals surface area contributed by atoms with Crippen molar-refractivity contribution in [3.63, 3.8) is 0 Å². The summed E-state index contributed by atoms with van der Waals surface area (Å²) in [5.74, 6) is 5.69. The van der Waals surface area contributed by atoms with Gasteiger partial charge in [-0.15, -0.1) is 0 Å². The first-order chi connectivity index (χ1) is 10.9. The molecule has 0 aromatic heterocycles. The molecule has 0 aliphatic heterocycles. The summed E-state index contributed by atoms with van der Waals surface area (Å²) in [5, 5.41) is 0. The lowest BCUT2D eigenvalue weighted by atomic mass is 10.1.